The predicted molar refractivity (Wildman–Crippen MR) is 73.2 cm³/mol. The topological polar surface area (TPSA) is 75.8 Å². The molecule has 3 rings (SSSR count). The third-order valence-electron chi connectivity index (χ3n) is 3.68. The van der Waals surface area contributed by atoms with Gasteiger partial charge in [-0.1, -0.05) is 6.07 Å². The van der Waals surface area contributed by atoms with Crippen molar-refractivity contribution in [3.63, 3.8) is 0 Å². The minimum atomic E-state index is -0.992. The highest BCUT2D eigenvalue weighted by Crippen LogP contribution is 2.27. The van der Waals surface area contributed by atoms with Crippen molar-refractivity contribution in [3.8, 4) is 0 Å². The van der Waals surface area contributed by atoms with Crippen LogP contribution in [-0.4, -0.2) is 42.4 Å². The van der Waals surface area contributed by atoms with Gasteiger partial charge in [0, 0.05) is 20.2 Å². The Bertz CT molecular complexity index is 629. The molecule has 2 heterocycles. The monoisotopic (exact) mass is 276 g/mol. The van der Waals surface area contributed by atoms with Crippen molar-refractivity contribution in [1.29, 1.82) is 0 Å². The summed E-state index contributed by atoms with van der Waals surface area (Å²) in [6.45, 7) is 1.60. The second kappa shape index (κ2) is 5.13. The Labute approximate surface area is 116 Å². The first-order chi connectivity index (χ1) is 9.69. The van der Waals surface area contributed by atoms with Crippen molar-refractivity contribution >= 4 is 23.1 Å². The van der Waals surface area contributed by atoms with Crippen LogP contribution < -0.4 is 4.90 Å². The van der Waals surface area contributed by atoms with E-state index in [1.165, 1.54) is 6.07 Å². The van der Waals surface area contributed by atoms with Gasteiger partial charge in [-0.3, -0.25) is 0 Å². The summed E-state index contributed by atoms with van der Waals surface area (Å²) in [4.78, 5) is 17.5. The van der Waals surface area contributed by atoms with E-state index in [4.69, 9.17) is 14.3 Å². The van der Waals surface area contributed by atoms with E-state index in [0.29, 0.717) is 17.1 Å². The van der Waals surface area contributed by atoms with E-state index in [1.807, 2.05) is 4.90 Å². The fourth-order valence-electron chi connectivity index (χ4n) is 2.53. The molecule has 0 aliphatic carbocycles. The lowest BCUT2D eigenvalue weighted by atomic mass is 10.1. The number of piperidine rings is 1. The molecule has 0 unspecified atom stereocenters. The maximum atomic E-state index is 11.2. The second-order valence-electron chi connectivity index (χ2n) is 4.88. The second-order valence-corrected chi connectivity index (χ2v) is 4.88. The van der Waals surface area contributed by atoms with Gasteiger partial charge in [-0.05, 0) is 25.0 Å². The van der Waals surface area contributed by atoms with Crippen LogP contribution in [0.2, 0.25) is 0 Å². The number of oxazole rings is 1. The van der Waals surface area contributed by atoms with Crippen LogP contribution in [-0.2, 0) is 4.74 Å². The van der Waals surface area contributed by atoms with Crippen molar-refractivity contribution in [2.45, 2.75) is 18.9 Å². The van der Waals surface area contributed by atoms with Crippen molar-refractivity contribution in [3.05, 3.63) is 23.8 Å². The van der Waals surface area contributed by atoms with Crippen LogP contribution in [0.25, 0.3) is 11.1 Å². The highest BCUT2D eigenvalue weighted by molar-refractivity contribution is 6.00. The summed E-state index contributed by atoms with van der Waals surface area (Å²) in [6, 6.07) is 5.43. The predicted octanol–water partition coefficient (Wildman–Crippen LogP) is 2.14. The van der Waals surface area contributed by atoms with Crippen LogP contribution in [0.5, 0.6) is 0 Å². The summed E-state index contributed by atoms with van der Waals surface area (Å²) in [5.74, 6) is -0.992. The Kier molecular flexibility index (Phi) is 3.31. The third kappa shape index (κ3) is 2.22. The van der Waals surface area contributed by atoms with Gasteiger partial charge in [0.1, 0.15) is 5.52 Å². The maximum Gasteiger partial charge on any atom is 0.338 e. The SMILES string of the molecule is COC1CCN(c2nc3c(C(=O)O)cccc3o2)CC1. The van der Waals surface area contributed by atoms with Crippen molar-refractivity contribution in [1.82, 2.24) is 4.98 Å². The number of carboxylic acids is 1. The summed E-state index contributed by atoms with van der Waals surface area (Å²) in [5.41, 5.74) is 1.09. The number of aromatic nitrogens is 1. The number of rotatable bonds is 3. The number of aromatic carboxylic acids is 1. The molecule has 1 aliphatic rings. The lowest BCUT2D eigenvalue weighted by molar-refractivity contribution is 0.0698. The normalized spacial score (nSPS) is 16.8. The number of fused-ring (bicyclic) bond motifs is 1. The Hall–Kier alpha value is -2.08. The highest BCUT2D eigenvalue weighted by Gasteiger charge is 2.23. The van der Waals surface area contributed by atoms with Gasteiger partial charge in [-0.25, -0.2) is 4.79 Å². The van der Waals surface area contributed by atoms with E-state index >= 15 is 0 Å². The average molecular weight is 276 g/mol. The number of methoxy groups -OCH3 is 1. The summed E-state index contributed by atoms with van der Waals surface area (Å²) >= 11 is 0. The van der Waals surface area contributed by atoms with E-state index in [-0.39, 0.29) is 11.7 Å². The van der Waals surface area contributed by atoms with Crippen LogP contribution in [0.4, 0.5) is 6.01 Å². The molecule has 0 amide bonds. The van der Waals surface area contributed by atoms with Gasteiger partial charge in [0.05, 0.1) is 11.7 Å². The quantitative estimate of drug-likeness (QED) is 0.925. The number of benzene rings is 1. The first kappa shape index (κ1) is 12.9. The molecule has 1 N–H and O–H groups in total. The molecule has 0 saturated carbocycles. The number of para-hydroxylation sites is 1. The molecule has 1 saturated heterocycles. The molecule has 1 aromatic heterocycles. The Morgan fingerprint density at radius 1 is 1.45 bits per heavy atom. The number of hydrogen-bond donors (Lipinski definition) is 1. The van der Waals surface area contributed by atoms with Gasteiger partial charge in [0.25, 0.3) is 6.01 Å². The lowest BCUT2D eigenvalue weighted by Gasteiger charge is -2.29. The summed E-state index contributed by atoms with van der Waals surface area (Å²) in [5, 5.41) is 9.16. The molecule has 1 fully saturated rings. The molecule has 6 heteroatoms. The van der Waals surface area contributed by atoms with Crippen LogP contribution >= 0.6 is 0 Å². The van der Waals surface area contributed by atoms with Crippen molar-refractivity contribution < 1.29 is 19.1 Å². The van der Waals surface area contributed by atoms with Crippen molar-refractivity contribution in [2.24, 2.45) is 0 Å². The number of hydrogen-bond acceptors (Lipinski definition) is 5. The van der Waals surface area contributed by atoms with E-state index in [1.54, 1.807) is 19.2 Å². The molecule has 0 radical (unpaired) electrons. The Morgan fingerprint density at radius 3 is 2.85 bits per heavy atom. The van der Waals surface area contributed by atoms with Crippen LogP contribution in [0.1, 0.15) is 23.2 Å². The number of anilines is 1. The van der Waals surface area contributed by atoms with Crippen LogP contribution in [0, 0.1) is 0 Å². The van der Waals surface area contributed by atoms with E-state index in [9.17, 15) is 4.79 Å². The van der Waals surface area contributed by atoms with Gasteiger partial charge in [0.15, 0.2) is 5.58 Å². The summed E-state index contributed by atoms with van der Waals surface area (Å²) < 4.78 is 11.0. The van der Waals surface area contributed by atoms with Crippen LogP contribution in [0.3, 0.4) is 0 Å². The molecule has 0 bridgehead atoms. The average Bonchev–Trinajstić information content (AvgIpc) is 2.90. The standard InChI is InChI=1S/C14H16N2O4/c1-19-9-5-7-16(8-6-9)14-15-12-10(13(17)18)3-2-4-11(12)20-14/h2-4,9H,5-8H2,1H3,(H,17,18). The van der Waals surface area contributed by atoms with E-state index in [0.717, 1.165) is 25.9 Å². The number of ether oxygens (including phenoxy) is 1. The third-order valence-corrected chi connectivity index (χ3v) is 3.68. The molecule has 106 valence electrons. The van der Waals surface area contributed by atoms with Gasteiger partial charge >= 0.3 is 5.97 Å². The fraction of sp³-hybridized carbons (Fsp3) is 0.429. The highest BCUT2D eigenvalue weighted by atomic mass is 16.5. The van der Waals surface area contributed by atoms with E-state index < -0.39 is 5.97 Å². The van der Waals surface area contributed by atoms with E-state index in [2.05, 4.69) is 4.98 Å². The van der Waals surface area contributed by atoms with Crippen LogP contribution in [0.15, 0.2) is 22.6 Å². The number of carbonyl (C=O) groups is 1. The molecule has 0 spiro atoms. The Balaban J connectivity index is 1.90. The number of nitrogens with zero attached hydrogens (tertiary/aromatic N) is 2. The molecule has 2 aromatic rings. The van der Waals surface area contributed by atoms with Crippen molar-refractivity contribution in [2.75, 3.05) is 25.1 Å². The van der Waals surface area contributed by atoms with Gasteiger partial charge in [-0.15, -0.1) is 0 Å². The minimum absolute atomic E-state index is 0.171. The molecular weight excluding hydrogens is 260 g/mol. The molecule has 6 nitrogen and oxygen atoms in total. The summed E-state index contributed by atoms with van der Waals surface area (Å²) in [7, 11) is 1.72. The fourth-order valence-corrected chi connectivity index (χ4v) is 2.53. The molecular formula is C14H16N2O4. The molecule has 0 atom stereocenters. The maximum absolute atomic E-state index is 11.2. The van der Waals surface area contributed by atoms with Gasteiger partial charge in [-0.2, -0.15) is 4.98 Å². The Morgan fingerprint density at radius 2 is 2.20 bits per heavy atom. The summed E-state index contributed by atoms with van der Waals surface area (Å²) in [6.07, 6.45) is 2.12. The first-order valence-electron chi connectivity index (χ1n) is 6.59. The lowest BCUT2D eigenvalue weighted by Crippen LogP contribution is -2.36. The smallest absolute Gasteiger partial charge is 0.338 e. The zero-order valence-electron chi connectivity index (χ0n) is 11.2. The first-order valence-corrected chi connectivity index (χ1v) is 6.59. The zero-order chi connectivity index (χ0) is 14.1. The largest absolute Gasteiger partial charge is 0.478 e. The minimum Gasteiger partial charge on any atom is -0.478 e. The molecule has 1 aromatic carbocycles. The van der Waals surface area contributed by atoms with Gasteiger partial charge in [0.2, 0.25) is 0 Å². The van der Waals surface area contributed by atoms with Gasteiger partial charge < -0.3 is 19.2 Å². The zero-order valence-corrected chi connectivity index (χ0v) is 11.2. The molecule has 1 aliphatic heterocycles. The molecule has 20 heavy (non-hydrogen) atoms. The number of carboxylic acid groups (broad SMARTS) is 1.